The average Bonchev–Trinajstić information content (AvgIpc) is 2.25. The van der Waals surface area contributed by atoms with Crippen molar-refractivity contribution in [1.29, 1.82) is 0 Å². The van der Waals surface area contributed by atoms with Crippen molar-refractivity contribution in [2.75, 3.05) is 5.32 Å². The highest BCUT2D eigenvalue weighted by atomic mass is 79.9. The van der Waals surface area contributed by atoms with Crippen molar-refractivity contribution in [2.45, 2.75) is 5.38 Å². The van der Waals surface area contributed by atoms with E-state index in [1.54, 1.807) is 18.2 Å². The van der Waals surface area contributed by atoms with E-state index in [1.807, 2.05) is 0 Å². The number of nitrogens with one attached hydrogen (secondary N) is 1. The number of carbonyl (C=O) groups is 1. The lowest BCUT2D eigenvalue weighted by atomic mass is 10.4. The fourth-order valence-electron chi connectivity index (χ4n) is 0.786. The number of allylic oxidation sites excluding steroid dienone is 1. The molecule has 0 radical (unpaired) electrons. The molecule has 0 fully saturated rings. The molecule has 86 valence electrons. The summed E-state index contributed by atoms with van der Waals surface area (Å²) in [5, 5.41) is -1.35. The van der Waals surface area contributed by atoms with Gasteiger partial charge in [0.25, 0.3) is 5.78 Å². The number of halogens is 4. The van der Waals surface area contributed by atoms with Gasteiger partial charge in [0, 0.05) is 12.4 Å². The molecule has 0 spiro atoms. The molecule has 0 aliphatic heterocycles. The van der Waals surface area contributed by atoms with Gasteiger partial charge >= 0.3 is 5.38 Å². The highest BCUT2D eigenvalue weighted by Gasteiger charge is 2.37. The van der Waals surface area contributed by atoms with E-state index in [9.17, 15) is 13.6 Å². The predicted molar refractivity (Wildman–Crippen MR) is 60.7 cm³/mol. The number of pyridine rings is 1. The Morgan fingerprint density at radius 3 is 2.75 bits per heavy atom. The van der Waals surface area contributed by atoms with Gasteiger partial charge in [-0.05, 0) is 39.7 Å². The van der Waals surface area contributed by atoms with E-state index in [2.05, 4.69) is 37.8 Å². The summed E-state index contributed by atoms with van der Waals surface area (Å²) >= 11 is 7.26. The molecule has 1 aromatic heterocycles. The van der Waals surface area contributed by atoms with Gasteiger partial charge in [-0.15, -0.1) is 0 Å². The molecule has 0 bridgehead atoms. The van der Waals surface area contributed by atoms with Gasteiger partial charge in [0.1, 0.15) is 5.82 Å². The average molecular weight is 312 g/mol. The molecule has 0 saturated heterocycles. The van der Waals surface area contributed by atoms with Crippen LogP contribution in [0.25, 0.3) is 0 Å². The topological polar surface area (TPSA) is 42.0 Å². The third kappa shape index (κ3) is 3.86. The Kier molecular flexibility index (Phi) is 4.37. The Hall–Kier alpha value is -1.01. The van der Waals surface area contributed by atoms with Crippen molar-refractivity contribution in [3.8, 4) is 0 Å². The second-order valence-electron chi connectivity index (χ2n) is 2.68. The first-order chi connectivity index (χ1) is 7.41. The maximum Gasteiger partial charge on any atom is 0.385 e. The second-order valence-corrected chi connectivity index (χ2v) is 4.01. The van der Waals surface area contributed by atoms with Crippen molar-refractivity contribution in [3.05, 3.63) is 35.1 Å². The minimum atomic E-state index is -3.92. The molecule has 0 saturated carbocycles. The molecule has 3 nitrogen and oxygen atoms in total. The smallest absolute Gasteiger partial charge is 0.345 e. The number of carbonyl (C=O) groups excluding carboxylic acids is 1. The molecule has 0 aliphatic carbocycles. The van der Waals surface area contributed by atoms with Crippen LogP contribution in [0.4, 0.5) is 14.6 Å². The second kappa shape index (κ2) is 5.36. The van der Waals surface area contributed by atoms with Gasteiger partial charge in [-0.1, -0.05) is 6.07 Å². The number of alkyl halides is 3. The van der Waals surface area contributed by atoms with Gasteiger partial charge < -0.3 is 5.32 Å². The van der Waals surface area contributed by atoms with Crippen LogP contribution in [0.2, 0.25) is 0 Å². The molecular weight excluding hydrogens is 305 g/mol. The minimum Gasteiger partial charge on any atom is -0.345 e. The van der Waals surface area contributed by atoms with E-state index in [0.29, 0.717) is 5.82 Å². The van der Waals surface area contributed by atoms with Crippen LogP contribution in [0, 0.1) is 0 Å². The summed E-state index contributed by atoms with van der Waals surface area (Å²) in [6.07, 6.45) is 2.57. The van der Waals surface area contributed by atoms with Crippen molar-refractivity contribution in [1.82, 2.24) is 4.98 Å². The van der Waals surface area contributed by atoms with Gasteiger partial charge in [-0.25, -0.2) is 4.98 Å². The SMILES string of the molecule is O=C(/C(Br)=C/Nc1ccccn1)C(F)(F)Cl. The van der Waals surface area contributed by atoms with Crippen LogP contribution >= 0.6 is 27.5 Å². The van der Waals surface area contributed by atoms with Gasteiger partial charge in [0.05, 0.1) is 4.48 Å². The molecule has 16 heavy (non-hydrogen) atoms. The quantitative estimate of drug-likeness (QED) is 0.686. The lowest BCUT2D eigenvalue weighted by molar-refractivity contribution is -0.128. The Morgan fingerprint density at radius 2 is 2.25 bits per heavy atom. The third-order valence-corrected chi connectivity index (χ3v) is 2.25. The zero-order valence-corrected chi connectivity index (χ0v) is 10.1. The third-order valence-electron chi connectivity index (χ3n) is 1.49. The van der Waals surface area contributed by atoms with Crippen molar-refractivity contribution in [2.24, 2.45) is 0 Å². The number of anilines is 1. The van der Waals surface area contributed by atoms with Gasteiger partial charge in [0.15, 0.2) is 0 Å². The number of hydrogen-bond acceptors (Lipinski definition) is 3. The first-order valence-corrected chi connectivity index (χ1v) is 5.23. The summed E-state index contributed by atoms with van der Waals surface area (Å²) in [5.41, 5.74) is 0. The summed E-state index contributed by atoms with van der Waals surface area (Å²) in [5.74, 6) is -1.09. The highest BCUT2D eigenvalue weighted by molar-refractivity contribution is 9.12. The molecule has 1 N–H and O–H groups in total. The highest BCUT2D eigenvalue weighted by Crippen LogP contribution is 2.26. The molecule has 0 aromatic carbocycles. The Bertz CT molecular complexity index is 406. The number of aromatic nitrogens is 1. The standard InChI is InChI=1S/C9H6BrClF2N2O/c10-6(8(16)9(11,12)13)5-15-7-3-1-2-4-14-7/h1-5H,(H,14,15)/b6-5-. The molecule has 7 heteroatoms. The molecule has 0 unspecified atom stereocenters. The van der Waals surface area contributed by atoms with Gasteiger partial charge in [0.2, 0.25) is 0 Å². The van der Waals surface area contributed by atoms with Crippen LogP contribution in [0.1, 0.15) is 0 Å². The van der Waals surface area contributed by atoms with E-state index in [4.69, 9.17) is 0 Å². The summed E-state index contributed by atoms with van der Waals surface area (Å²) in [6, 6.07) is 5.01. The largest absolute Gasteiger partial charge is 0.385 e. The van der Waals surface area contributed by atoms with Crippen molar-refractivity contribution < 1.29 is 13.6 Å². The minimum absolute atomic E-state index is 0.363. The first kappa shape index (κ1) is 13.1. The maximum absolute atomic E-state index is 12.4. The molecule has 0 atom stereocenters. The Balaban J connectivity index is 2.69. The van der Waals surface area contributed by atoms with Crippen LogP contribution in [0.3, 0.4) is 0 Å². The summed E-state index contributed by atoms with van der Waals surface area (Å²) in [7, 11) is 0. The fraction of sp³-hybridized carbons (Fsp3) is 0.111. The fourth-order valence-corrected chi connectivity index (χ4v) is 1.37. The van der Waals surface area contributed by atoms with Crippen molar-refractivity contribution >= 4 is 39.1 Å². The van der Waals surface area contributed by atoms with Crippen LogP contribution in [0.15, 0.2) is 35.1 Å². The van der Waals surface area contributed by atoms with Crippen LogP contribution in [-0.4, -0.2) is 16.1 Å². The van der Waals surface area contributed by atoms with Gasteiger partial charge in [-0.3, -0.25) is 4.79 Å². The lowest BCUT2D eigenvalue weighted by Gasteiger charge is -2.05. The predicted octanol–water partition coefficient (Wildman–Crippen LogP) is 3.13. The van der Waals surface area contributed by atoms with E-state index in [0.717, 1.165) is 6.20 Å². The van der Waals surface area contributed by atoms with Crippen LogP contribution < -0.4 is 5.32 Å². The molecule has 1 heterocycles. The van der Waals surface area contributed by atoms with E-state index < -0.39 is 11.2 Å². The lowest BCUT2D eigenvalue weighted by Crippen LogP contribution is -2.21. The first-order valence-electron chi connectivity index (χ1n) is 4.06. The maximum atomic E-state index is 12.4. The normalized spacial score (nSPS) is 12.4. The monoisotopic (exact) mass is 310 g/mol. The molecule has 0 aliphatic rings. The Labute approximate surface area is 104 Å². The number of rotatable bonds is 4. The van der Waals surface area contributed by atoms with Crippen LogP contribution in [0.5, 0.6) is 0 Å². The van der Waals surface area contributed by atoms with Crippen molar-refractivity contribution in [3.63, 3.8) is 0 Å². The van der Waals surface area contributed by atoms with E-state index in [-0.39, 0.29) is 4.48 Å². The molecular formula is C9H6BrClF2N2O. The summed E-state index contributed by atoms with van der Waals surface area (Å²) < 4.78 is 24.4. The Morgan fingerprint density at radius 1 is 1.56 bits per heavy atom. The molecule has 1 rings (SSSR count). The van der Waals surface area contributed by atoms with Crippen LogP contribution in [-0.2, 0) is 4.79 Å². The number of Topliss-reactive ketones (excluding diaryl/α,β-unsaturated/α-hetero) is 1. The zero-order chi connectivity index (χ0) is 12.2. The summed E-state index contributed by atoms with van der Waals surface area (Å²) in [6.45, 7) is 0. The van der Waals surface area contributed by atoms with E-state index >= 15 is 0 Å². The number of ketones is 1. The summed E-state index contributed by atoms with van der Waals surface area (Å²) in [4.78, 5) is 14.8. The number of nitrogens with zero attached hydrogens (tertiary/aromatic N) is 1. The molecule has 1 aromatic rings. The number of hydrogen-bond donors (Lipinski definition) is 1. The van der Waals surface area contributed by atoms with Gasteiger partial charge in [-0.2, -0.15) is 8.78 Å². The van der Waals surface area contributed by atoms with E-state index in [1.165, 1.54) is 6.20 Å². The zero-order valence-electron chi connectivity index (χ0n) is 7.75. The molecule has 0 amide bonds.